The zero-order chi connectivity index (χ0) is 13.1. The normalized spacial score (nSPS) is 19.6. The van der Waals surface area contributed by atoms with Gasteiger partial charge in [-0.25, -0.2) is 9.37 Å². The number of amides is 2. The number of nitrogens with one attached hydrogen (secondary N) is 2. The Hall–Kier alpha value is -1.69. The maximum Gasteiger partial charge on any atom is 0.249 e. The molecule has 2 N–H and O–H groups in total. The number of hydrogen-bond donors (Lipinski definition) is 2. The lowest BCUT2D eigenvalue weighted by molar-refractivity contribution is -0.133. The zero-order valence-corrected chi connectivity index (χ0v) is 10.1. The van der Waals surface area contributed by atoms with Crippen molar-refractivity contribution in [3.8, 4) is 0 Å². The number of anilines is 1. The predicted octanol–water partition coefficient (Wildman–Crippen LogP) is 1.18. The van der Waals surface area contributed by atoms with Crippen molar-refractivity contribution in [1.82, 2.24) is 10.3 Å². The number of aromatic nitrogens is 1. The van der Waals surface area contributed by atoms with E-state index < -0.39 is 17.8 Å². The second kappa shape index (κ2) is 5.30. The molecule has 2 amide bonds. The minimum atomic E-state index is -0.573. The second-order valence-corrected chi connectivity index (χ2v) is 4.21. The Kier molecular flexibility index (Phi) is 3.76. The van der Waals surface area contributed by atoms with Gasteiger partial charge in [0.25, 0.3) is 0 Å². The number of rotatable bonds is 3. The van der Waals surface area contributed by atoms with E-state index in [1.54, 1.807) is 0 Å². The van der Waals surface area contributed by atoms with Gasteiger partial charge in [-0.1, -0.05) is 0 Å². The molecule has 1 atom stereocenters. The minimum absolute atomic E-state index is 0.0392. The molecular formula is C11H11ClFN3O2. The molecule has 18 heavy (non-hydrogen) atoms. The number of pyridine rings is 1. The van der Waals surface area contributed by atoms with E-state index in [9.17, 15) is 14.0 Å². The van der Waals surface area contributed by atoms with Crippen LogP contribution < -0.4 is 10.6 Å². The predicted molar refractivity (Wildman–Crippen MR) is 63.5 cm³/mol. The molecule has 1 aliphatic heterocycles. The first-order chi connectivity index (χ1) is 8.60. The number of alkyl halides is 1. The number of nitrogens with zero attached hydrogens (tertiary/aromatic N) is 1. The molecule has 5 nitrogen and oxygen atoms in total. The van der Waals surface area contributed by atoms with Crippen LogP contribution in [0, 0.1) is 5.82 Å². The van der Waals surface area contributed by atoms with Gasteiger partial charge in [0.2, 0.25) is 11.8 Å². The molecule has 1 aliphatic rings. The van der Waals surface area contributed by atoms with Crippen molar-refractivity contribution >= 4 is 29.2 Å². The molecule has 0 spiro atoms. The van der Waals surface area contributed by atoms with Gasteiger partial charge in [-0.3, -0.25) is 14.9 Å². The summed E-state index contributed by atoms with van der Waals surface area (Å²) in [6.45, 7) is 0. The third kappa shape index (κ3) is 2.76. The van der Waals surface area contributed by atoms with Crippen LogP contribution in [0.25, 0.3) is 0 Å². The first kappa shape index (κ1) is 12.8. The maximum absolute atomic E-state index is 13.4. The highest BCUT2D eigenvalue weighted by Crippen LogP contribution is 2.16. The van der Waals surface area contributed by atoms with Gasteiger partial charge >= 0.3 is 0 Å². The van der Waals surface area contributed by atoms with E-state index in [1.807, 2.05) is 0 Å². The van der Waals surface area contributed by atoms with Crippen LogP contribution in [0.15, 0.2) is 12.3 Å². The van der Waals surface area contributed by atoms with E-state index in [1.165, 1.54) is 12.3 Å². The molecule has 1 fully saturated rings. The van der Waals surface area contributed by atoms with Gasteiger partial charge in [-0.15, -0.1) is 11.6 Å². The Morgan fingerprint density at radius 3 is 2.94 bits per heavy atom. The van der Waals surface area contributed by atoms with Crippen LogP contribution >= 0.6 is 11.6 Å². The number of piperidine rings is 1. The minimum Gasteiger partial charge on any atom is -0.358 e. The third-order valence-corrected chi connectivity index (χ3v) is 2.92. The maximum atomic E-state index is 13.4. The Morgan fingerprint density at radius 1 is 1.56 bits per heavy atom. The molecular weight excluding hydrogens is 261 g/mol. The molecule has 0 radical (unpaired) electrons. The van der Waals surface area contributed by atoms with E-state index in [2.05, 4.69) is 15.6 Å². The van der Waals surface area contributed by atoms with Crippen molar-refractivity contribution in [3.05, 3.63) is 23.6 Å². The first-order valence-electron chi connectivity index (χ1n) is 5.41. The Labute approximate surface area is 108 Å². The zero-order valence-electron chi connectivity index (χ0n) is 9.37. The van der Waals surface area contributed by atoms with Crippen molar-refractivity contribution < 1.29 is 14.0 Å². The highest BCUT2D eigenvalue weighted by molar-refractivity contribution is 6.17. The SMILES string of the molecule is O=C1CCC(Nc2cc(F)c(CCl)cn2)C(=O)N1. The highest BCUT2D eigenvalue weighted by Gasteiger charge is 2.26. The number of halogens is 2. The monoisotopic (exact) mass is 271 g/mol. The average molecular weight is 272 g/mol. The lowest BCUT2D eigenvalue weighted by atomic mass is 10.1. The number of imide groups is 1. The van der Waals surface area contributed by atoms with Crippen molar-refractivity contribution in [2.45, 2.75) is 24.8 Å². The molecule has 1 saturated heterocycles. The van der Waals surface area contributed by atoms with Crippen LogP contribution in [0.2, 0.25) is 0 Å². The molecule has 2 heterocycles. The van der Waals surface area contributed by atoms with Crippen molar-refractivity contribution in [1.29, 1.82) is 0 Å². The van der Waals surface area contributed by atoms with E-state index in [-0.39, 0.29) is 24.0 Å². The van der Waals surface area contributed by atoms with Crippen molar-refractivity contribution in [3.63, 3.8) is 0 Å². The number of carbonyl (C=O) groups is 2. The fraction of sp³-hybridized carbons (Fsp3) is 0.364. The summed E-state index contributed by atoms with van der Waals surface area (Å²) in [6.07, 6.45) is 1.94. The van der Waals surface area contributed by atoms with Gasteiger partial charge < -0.3 is 5.32 Å². The first-order valence-corrected chi connectivity index (χ1v) is 5.94. The van der Waals surface area contributed by atoms with Gasteiger partial charge in [0.15, 0.2) is 0 Å². The standard InChI is InChI=1S/C11H11ClFN3O2/c12-4-6-5-14-9(3-7(6)13)15-8-1-2-10(17)16-11(8)18/h3,5,8H,1-2,4H2,(H,14,15)(H,16,17,18). The van der Waals surface area contributed by atoms with Crippen molar-refractivity contribution in [2.24, 2.45) is 0 Å². The van der Waals surface area contributed by atoms with Crippen LogP contribution in [0.1, 0.15) is 18.4 Å². The lowest BCUT2D eigenvalue weighted by Crippen LogP contribution is -2.47. The third-order valence-electron chi connectivity index (χ3n) is 2.63. The van der Waals surface area contributed by atoms with E-state index in [0.717, 1.165) is 0 Å². The topological polar surface area (TPSA) is 71.1 Å². The molecule has 1 unspecified atom stereocenters. The van der Waals surface area contributed by atoms with E-state index in [0.29, 0.717) is 12.0 Å². The summed E-state index contributed by atoms with van der Waals surface area (Å²) in [5.41, 5.74) is 0.297. The van der Waals surface area contributed by atoms with Gasteiger partial charge in [0.05, 0.1) is 5.88 Å². The fourth-order valence-corrected chi connectivity index (χ4v) is 1.84. The molecule has 1 aromatic rings. The average Bonchev–Trinajstić information content (AvgIpc) is 2.33. The van der Waals surface area contributed by atoms with Gasteiger partial charge in [-0.05, 0) is 6.42 Å². The molecule has 96 valence electrons. The molecule has 0 bridgehead atoms. The molecule has 0 aromatic carbocycles. The summed E-state index contributed by atoms with van der Waals surface area (Å²) in [5, 5.41) is 4.99. The van der Waals surface area contributed by atoms with Crippen molar-refractivity contribution in [2.75, 3.05) is 5.32 Å². The number of carbonyl (C=O) groups excluding carboxylic acids is 2. The van der Waals surface area contributed by atoms with Gasteiger partial charge in [0, 0.05) is 24.2 Å². The second-order valence-electron chi connectivity index (χ2n) is 3.94. The molecule has 0 aliphatic carbocycles. The summed E-state index contributed by atoms with van der Waals surface area (Å²) in [4.78, 5) is 26.4. The lowest BCUT2D eigenvalue weighted by Gasteiger charge is -2.22. The summed E-state index contributed by atoms with van der Waals surface area (Å²) < 4.78 is 13.4. The van der Waals surface area contributed by atoms with Crippen LogP contribution in [0.3, 0.4) is 0 Å². The molecule has 2 rings (SSSR count). The highest BCUT2D eigenvalue weighted by atomic mass is 35.5. The summed E-state index contributed by atoms with van der Waals surface area (Å²) in [5.74, 6) is -0.910. The van der Waals surface area contributed by atoms with E-state index in [4.69, 9.17) is 11.6 Å². The quantitative estimate of drug-likeness (QED) is 0.640. The van der Waals surface area contributed by atoms with Crippen LogP contribution in [0.4, 0.5) is 10.2 Å². The summed E-state index contributed by atoms with van der Waals surface area (Å²) >= 11 is 5.51. The molecule has 1 aromatic heterocycles. The van der Waals surface area contributed by atoms with Gasteiger partial charge in [-0.2, -0.15) is 0 Å². The van der Waals surface area contributed by atoms with Crippen LogP contribution in [-0.2, 0) is 15.5 Å². The van der Waals surface area contributed by atoms with Crippen LogP contribution in [0.5, 0.6) is 0 Å². The fourth-order valence-electron chi connectivity index (χ4n) is 1.65. The van der Waals surface area contributed by atoms with Gasteiger partial charge in [0.1, 0.15) is 17.7 Å². The Bertz CT molecular complexity index is 495. The Balaban J connectivity index is 2.07. The largest absolute Gasteiger partial charge is 0.358 e. The molecule has 7 heteroatoms. The van der Waals surface area contributed by atoms with Crippen LogP contribution in [-0.4, -0.2) is 22.8 Å². The van der Waals surface area contributed by atoms with E-state index >= 15 is 0 Å². The molecule has 0 saturated carbocycles. The Morgan fingerprint density at radius 2 is 2.33 bits per heavy atom. The smallest absolute Gasteiger partial charge is 0.249 e. The summed E-state index contributed by atoms with van der Waals surface area (Å²) in [7, 11) is 0. The number of hydrogen-bond acceptors (Lipinski definition) is 4. The summed E-state index contributed by atoms with van der Waals surface area (Å²) in [6, 6.07) is 0.609.